The van der Waals surface area contributed by atoms with E-state index < -0.39 is 10.0 Å². The van der Waals surface area contributed by atoms with Gasteiger partial charge < -0.3 is 0 Å². The summed E-state index contributed by atoms with van der Waals surface area (Å²) in [5, 5.41) is 0.199. The van der Waals surface area contributed by atoms with Crippen molar-refractivity contribution < 1.29 is 8.42 Å². The Balaban J connectivity index is 2.29. The van der Waals surface area contributed by atoms with Crippen LogP contribution in [0.2, 0.25) is 5.02 Å². The monoisotopic (exact) mass is 260 g/mol. The van der Waals surface area contributed by atoms with Crippen LogP contribution in [0.4, 0.5) is 0 Å². The van der Waals surface area contributed by atoms with E-state index in [4.69, 9.17) is 11.6 Å². The first-order valence-corrected chi connectivity index (χ1v) is 6.93. The minimum atomic E-state index is -3.55. The lowest BCUT2D eigenvalue weighted by molar-refractivity contribution is 0.248. The first kappa shape index (κ1) is 11.8. The fourth-order valence-electron chi connectivity index (χ4n) is 1.75. The summed E-state index contributed by atoms with van der Waals surface area (Å²) in [5.74, 6) is 0. The number of sulfonamides is 1. The zero-order chi connectivity index (χ0) is 11.8. The van der Waals surface area contributed by atoms with Crippen LogP contribution in [0.1, 0.15) is 26.2 Å². The van der Waals surface area contributed by atoms with Crippen molar-refractivity contribution in [3.05, 3.63) is 23.5 Å². The van der Waals surface area contributed by atoms with Crippen LogP contribution in [0.3, 0.4) is 0 Å². The molecule has 0 amide bonds. The predicted molar refractivity (Wildman–Crippen MR) is 61.8 cm³/mol. The number of halogens is 1. The Morgan fingerprint density at radius 2 is 2.19 bits per heavy atom. The molecule has 1 heterocycles. The summed E-state index contributed by atoms with van der Waals surface area (Å²) in [6, 6.07) is 1.47. The number of hydrogen-bond donors (Lipinski definition) is 1. The van der Waals surface area contributed by atoms with Crippen molar-refractivity contribution in [3.63, 3.8) is 0 Å². The first-order chi connectivity index (χ1) is 7.43. The van der Waals surface area contributed by atoms with Crippen LogP contribution in [-0.4, -0.2) is 18.9 Å². The molecule has 0 atom stereocenters. The maximum atomic E-state index is 12.0. The van der Waals surface area contributed by atoms with Crippen molar-refractivity contribution in [2.45, 2.75) is 36.6 Å². The molecule has 0 radical (unpaired) electrons. The van der Waals surface area contributed by atoms with Gasteiger partial charge in [-0.2, -0.15) is 0 Å². The van der Waals surface area contributed by atoms with Crippen molar-refractivity contribution in [3.8, 4) is 0 Å². The maximum Gasteiger partial charge on any atom is 0.244 e. The van der Waals surface area contributed by atoms with Gasteiger partial charge in [-0.25, -0.2) is 13.1 Å². The molecule has 1 saturated carbocycles. The molecule has 4 nitrogen and oxygen atoms in total. The lowest BCUT2D eigenvalue weighted by Gasteiger charge is -2.38. The van der Waals surface area contributed by atoms with Crippen LogP contribution in [0.25, 0.3) is 0 Å². The van der Waals surface area contributed by atoms with Crippen molar-refractivity contribution in [2.24, 2.45) is 0 Å². The van der Waals surface area contributed by atoms with Gasteiger partial charge in [0, 0.05) is 17.9 Å². The van der Waals surface area contributed by atoms with Gasteiger partial charge in [0.25, 0.3) is 0 Å². The largest absolute Gasteiger partial charge is 0.263 e. The molecule has 1 aliphatic rings. The standard InChI is InChI=1S/C10H13ClN2O2S/c1-10(4-2-5-10)13-16(14,15)9-7-12-6-3-8(9)11/h3,6-7,13H,2,4-5H2,1H3. The Morgan fingerprint density at radius 1 is 1.50 bits per heavy atom. The third kappa shape index (κ3) is 2.21. The third-order valence-electron chi connectivity index (χ3n) is 2.86. The van der Waals surface area contributed by atoms with Gasteiger partial charge in [0.2, 0.25) is 10.0 Å². The van der Waals surface area contributed by atoms with E-state index in [1.807, 2.05) is 6.92 Å². The first-order valence-electron chi connectivity index (χ1n) is 5.06. The summed E-state index contributed by atoms with van der Waals surface area (Å²) in [5.41, 5.74) is -0.321. The van der Waals surface area contributed by atoms with Crippen molar-refractivity contribution >= 4 is 21.6 Å². The highest BCUT2D eigenvalue weighted by Gasteiger charge is 2.36. The quantitative estimate of drug-likeness (QED) is 0.904. The molecule has 1 aromatic heterocycles. The molecule has 1 N–H and O–H groups in total. The second-order valence-electron chi connectivity index (χ2n) is 4.33. The minimum Gasteiger partial charge on any atom is -0.263 e. The average molecular weight is 261 g/mol. The van der Waals surface area contributed by atoms with Crippen molar-refractivity contribution in [1.29, 1.82) is 0 Å². The van der Waals surface area contributed by atoms with E-state index in [0.717, 1.165) is 19.3 Å². The lowest BCUT2D eigenvalue weighted by atomic mass is 9.80. The van der Waals surface area contributed by atoms with Gasteiger partial charge in [-0.3, -0.25) is 4.98 Å². The molecule has 0 aromatic carbocycles. The van der Waals surface area contributed by atoms with Crippen LogP contribution in [0.5, 0.6) is 0 Å². The second-order valence-corrected chi connectivity index (χ2v) is 6.38. The number of nitrogens with one attached hydrogen (secondary N) is 1. The highest BCUT2D eigenvalue weighted by Crippen LogP contribution is 2.33. The molecule has 1 aliphatic carbocycles. The summed E-state index contributed by atoms with van der Waals surface area (Å²) >= 11 is 5.84. The smallest absolute Gasteiger partial charge is 0.244 e. The van der Waals surface area contributed by atoms with Gasteiger partial charge in [-0.05, 0) is 32.3 Å². The van der Waals surface area contributed by atoms with Crippen molar-refractivity contribution in [1.82, 2.24) is 9.71 Å². The van der Waals surface area contributed by atoms with Gasteiger partial charge in [0.05, 0.1) is 5.02 Å². The van der Waals surface area contributed by atoms with Crippen LogP contribution in [0.15, 0.2) is 23.4 Å². The molecule has 0 spiro atoms. The fraction of sp³-hybridized carbons (Fsp3) is 0.500. The number of rotatable bonds is 3. The van der Waals surface area contributed by atoms with E-state index >= 15 is 0 Å². The number of pyridine rings is 1. The van der Waals surface area contributed by atoms with Gasteiger partial charge >= 0.3 is 0 Å². The van der Waals surface area contributed by atoms with Crippen LogP contribution in [0, 0.1) is 0 Å². The highest BCUT2D eigenvalue weighted by molar-refractivity contribution is 7.89. The lowest BCUT2D eigenvalue weighted by Crippen LogP contribution is -2.50. The zero-order valence-electron chi connectivity index (χ0n) is 8.90. The van der Waals surface area contributed by atoms with E-state index in [1.165, 1.54) is 18.5 Å². The Labute approximate surface area is 100 Å². The molecule has 0 bridgehead atoms. The number of hydrogen-bond acceptors (Lipinski definition) is 3. The molecular formula is C10H13ClN2O2S. The molecule has 1 fully saturated rings. The molecule has 16 heavy (non-hydrogen) atoms. The SMILES string of the molecule is CC1(NS(=O)(=O)c2cnccc2Cl)CCC1. The van der Waals surface area contributed by atoms with E-state index in [-0.39, 0.29) is 15.5 Å². The van der Waals surface area contributed by atoms with Crippen LogP contribution in [-0.2, 0) is 10.0 Å². The minimum absolute atomic E-state index is 0.0461. The molecule has 0 unspecified atom stereocenters. The predicted octanol–water partition coefficient (Wildman–Crippen LogP) is 1.96. The highest BCUT2D eigenvalue weighted by atomic mass is 35.5. The molecule has 1 aromatic rings. The fourth-order valence-corrected chi connectivity index (χ4v) is 3.65. The summed E-state index contributed by atoms with van der Waals surface area (Å²) in [6.07, 6.45) is 5.52. The number of nitrogens with zero attached hydrogens (tertiary/aromatic N) is 1. The van der Waals surface area contributed by atoms with Gasteiger partial charge in [0.15, 0.2) is 0 Å². The molecule has 88 valence electrons. The summed E-state index contributed by atoms with van der Waals surface area (Å²) in [6.45, 7) is 1.90. The Bertz CT molecular complexity index is 497. The molecule has 0 saturated heterocycles. The van der Waals surface area contributed by atoms with E-state index in [9.17, 15) is 8.42 Å². The Morgan fingerprint density at radius 3 is 2.69 bits per heavy atom. The molecule has 6 heteroatoms. The summed E-state index contributed by atoms with van der Waals surface area (Å²) < 4.78 is 26.7. The molecule has 0 aliphatic heterocycles. The van der Waals surface area contributed by atoms with Crippen LogP contribution < -0.4 is 4.72 Å². The van der Waals surface area contributed by atoms with E-state index in [2.05, 4.69) is 9.71 Å². The van der Waals surface area contributed by atoms with Gasteiger partial charge in [-0.15, -0.1) is 0 Å². The Kier molecular flexibility index (Phi) is 2.94. The second kappa shape index (κ2) is 3.98. The normalized spacial score (nSPS) is 19.1. The zero-order valence-corrected chi connectivity index (χ0v) is 10.5. The van der Waals surface area contributed by atoms with E-state index in [1.54, 1.807) is 0 Å². The average Bonchev–Trinajstić information content (AvgIpc) is 2.15. The summed E-state index contributed by atoms with van der Waals surface area (Å²) in [7, 11) is -3.55. The Hall–Kier alpha value is -0.650. The van der Waals surface area contributed by atoms with Gasteiger partial charge in [0.1, 0.15) is 4.90 Å². The molecule has 2 rings (SSSR count). The van der Waals surface area contributed by atoms with Crippen molar-refractivity contribution in [2.75, 3.05) is 0 Å². The van der Waals surface area contributed by atoms with E-state index in [0.29, 0.717) is 0 Å². The number of aromatic nitrogens is 1. The third-order valence-corrected chi connectivity index (χ3v) is 4.97. The molecular weight excluding hydrogens is 248 g/mol. The summed E-state index contributed by atoms with van der Waals surface area (Å²) in [4.78, 5) is 3.83. The van der Waals surface area contributed by atoms with Crippen LogP contribution >= 0.6 is 11.6 Å². The van der Waals surface area contributed by atoms with Gasteiger partial charge in [-0.1, -0.05) is 11.6 Å². The maximum absolute atomic E-state index is 12.0. The topological polar surface area (TPSA) is 59.1 Å².